The minimum absolute atomic E-state index is 0.0341. The van der Waals surface area contributed by atoms with Crippen LogP contribution in [0.2, 0.25) is 0 Å². The van der Waals surface area contributed by atoms with Crippen LogP contribution in [0.5, 0.6) is 0 Å². The Bertz CT molecular complexity index is 1130. The fourth-order valence-electron chi connectivity index (χ4n) is 3.16. The third-order valence-corrected chi connectivity index (χ3v) is 5.18. The zero-order valence-corrected chi connectivity index (χ0v) is 19.8. The minimum atomic E-state index is -0.711. The van der Waals surface area contributed by atoms with Gasteiger partial charge in [0.2, 0.25) is 11.8 Å². The van der Waals surface area contributed by atoms with Crippen LogP contribution in [-0.4, -0.2) is 33.1 Å². The monoisotopic (exact) mass is 482 g/mol. The van der Waals surface area contributed by atoms with E-state index >= 15 is 0 Å². The van der Waals surface area contributed by atoms with Gasteiger partial charge in [-0.1, -0.05) is 38.1 Å². The van der Waals surface area contributed by atoms with E-state index in [1.807, 2.05) is 13.8 Å². The molecule has 0 aliphatic carbocycles. The molecule has 2 amide bonds. The Balaban J connectivity index is 2.00. The molecule has 0 atom stereocenters. The largest absolute Gasteiger partial charge is 0.273 e. The summed E-state index contributed by atoms with van der Waals surface area (Å²) in [6.45, 7) is 6.76. The van der Waals surface area contributed by atoms with E-state index < -0.39 is 28.1 Å². The van der Waals surface area contributed by atoms with E-state index in [1.54, 1.807) is 38.1 Å². The molecule has 0 unspecified atom stereocenters. The van der Waals surface area contributed by atoms with Gasteiger partial charge in [0.05, 0.1) is 21.3 Å². The Kier molecular flexibility index (Phi) is 9.27. The third kappa shape index (κ3) is 7.25. The van der Waals surface area contributed by atoms with Gasteiger partial charge in [-0.25, -0.2) is 10.9 Å². The molecule has 2 N–H and O–H groups in total. The van der Waals surface area contributed by atoms with Crippen molar-refractivity contribution >= 4 is 34.6 Å². The second-order valence-electron chi connectivity index (χ2n) is 7.55. The highest BCUT2D eigenvalue weighted by molar-refractivity contribution is 6.02. The summed E-state index contributed by atoms with van der Waals surface area (Å²) < 4.78 is 0. The van der Waals surface area contributed by atoms with Crippen LogP contribution in [0.3, 0.4) is 0 Å². The van der Waals surface area contributed by atoms with Gasteiger partial charge in [0.15, 0.2) is 0 Å². The van der Waals surface area contributed by atoms with Crippen LogP contribution in [0.25, 0.3) is 0 Å². The van der Waals surface area contributed by atoms with E-state index in [1.165, 1.54) is 12.1 Å². The molecule has 0 heterocycles. The van der Waals surface area contributed by atoms with Gasteiger partial charge in [-0.2, -0.15) is 10.2 Å². The fraction of sp³-hybridized carbons (Fsp3) is 0.304. The number of hydrogen-bond donors (Lipinski definition) is 2. The number of nitrogens with one attached hydrogen (secondary N) is 2. The third-order valence-electron chi connectivity index (χ3n) is 5.18. The summed E-state index contributed by atoms with van der Waals surface area (Å²) >= 11 is 0. The molecule has 0 saturated heterocycles. The topological polar surface area (TPSA) is 169 Å². The van der Waals surface area contributed by atoms with Crippen LogP contribution in [0.15, 0.2) is 46.6 Å². The average Bonchev–Trinajstić information content (AvgIpc) is 2.84. The number of carbonyl (C=O) groups is 2. The number of hydrogen-bond acceptors (Lipinski definition) is 8. The molecule has 0 radical (unpaired) electrons. The molecule has 0 aromatic heterocycles. The zero-order chi connectivity index (χ0) is 26.1. The maximum Gasteiger partial charge on any atom is 0.273 e. The van der Waals surface area contributed by atoms with Crippen molar-refractivity contribution < 1.29 is 19.4 Å². The van der Waals surface area contributed by atoms with E-state index in [4.69, 9.17) is 0 Å². The molecule has 184 valence electrons. The predicted molar refractivity (Wildman–Crippen MR) is 130 cm³/mol. The summed E-state index contributed by atoms with van der Waals surface area (Å²) in [5.41, 5.74) is 7.15. The first kappa shape index (κ1) is 26.8. The quantitative estimate of drug-likeness (QED) is 0.227. The van der Waals surface area contributed by atoms with E-state index in [9.17, 15) is 29.8 Å². The zero-order valence-electron chi connectivity index (χ0n) is 19.8. The number of benzene rings is 2. The Morgan fingerprint density at radius 2 is 1.14 bits per heavy atom. The van der Waals surface area contributed by atoms with E-state index in [2.05, 4.69) is 21.1 Å². The van der Waals surface area contributed by atoms with Crippen molar-refractivity contribution in [2.24, 2.45) is 10.2 Å². The summed E-state index contributed by atoms with van der Waals surface area (Å²) in [6, 6.07) is 9.35. The molecule has 12 heteroatoms. The van der Waals surface area contributed by atoms with Crippen molar-refractivity contribution in [3.05, 3.63) is 78.9 Å². The first-order valence-electron chi connectivity index (χ1n) is 10.8. The van der Waals surface area contributed by atoms with Crippen LogP contribution in [-0.2, 0) is 22.4 Å². The Morgan fingerprint density at radius 3 is 1.46 bits per heavy atom. The molecule has 12 nitrogen and oxygen atoms in total. The van der Waals surface area contributed by atoms with Crippen LogP contribution < -0.4 is 10.9 Å². The molecule has 0 fully saturated rings. The van der Waals surface area contributed by atoms with Gasteiger partial charge < -0.3 is 0 Å². The van der Waals surface area contributed by atoms with E-state index in [-0.39, 0.29) is 11.4 Å². The molecule has 0 bridgehead atoms. The standard InChI is InChI=1S/C23H26N6O6/c1-5-16-7-9-18(11-20(16)28(32)33)14(3)24-26-22(30)13-23(31)27-25-15(4)19-10-8-17(6-2)21(12-19)29(34)35/h7-12H,5-6,13H2,1-4H3,(H,26,30)(H,27,31)/b24-14-,25-15+. The van der Waals surface area contributed by atoms with Crippen LogP contribution in [0.1, 0.15) is 56.4 Å². The summed E-state index contributed by atoms with van der Waals surface area (Å²) in [7, 11) is 0. The number of carbonyl (C=O) groups excluding carboxylic acids is 2. The van der Waals surface area contributed by atoms with E-state index in [0.717, 1.165) is 0 Å². The van der Waals surface area contributed by atoms with Gasteiger partial charge in [-0.15, -0.1) is 0 Å². The summed E-state index contributed by atoms with van der Waals surface area (Å²) in [4.78, 5) is 45.6. The molecular weight excluding hydrogens is 456 g/mol. The number of nitro groups is 2. The molecule has 0 spiro atoms. The molecule has 2 aromatic carbocycles. The number of rotatable bonds is 10. The second kappa shape index (κ2) is 12.1. The van der Waals surface area contributed by atoms with Crippen molar-refractivity contribution in [3.8, 4) is 0 Å². The molecule has 2 aromatic rings. The van der Waals surface area contributed by atoms with Crippen molar-refractivity contribution in [1.29, 1.82) is 0 Å². The molecular formula is C23H26N6O6. The Morgan fingerprint density at radius 1 is 0.771 bits per heavy atom. The van der Waals surface area contributed by atoms with Gasteiger partial charge in [0.1, 0.15) is 6.42 Å². The predicted octanol–water partition coefficient (Wildman–Crippen LogP) is 3.40. The van der Waals surface area contributed by atoms with E-state index in [0.29, 0.717) is 46.5 Å². The molecule has 2 rings (SSSR count). The van der Waals surface area contributed by atoms with Gasteiger partial charge in [-0.3, -0.25) is 29.8 Å². The lowest BCUT2D eigenvalue weighted by atomic mass is 10.0. The fourth-order valence-corrected chi connectivity index (χ4v) is 3.16. The molecule has 0 aliphatic heterocycles. The summed E-state index contributed by atoms with van der Waals surface area (Å²) in [5.74, 6) is -1.42. The SMILES string of the molecule is CCc1ccc(/C(C)=N\NC(=O)CC(=O)N/N=C(\C)c2ccc(CC)c([N+](=O)[O-])c2)cc1[N+](=O)[O-]. The molecule has 35 heavy (non-hydrogen) atoms. The molecule has 0 aliphatic rings. The summed E-state index contributed by atoms with van der Waals surface area (Å²) in [5, 5.41) is 30.3. The number of hydrazone groups is 2. The molecule has 0 saturated carbocycles. The Hall–Kier alpha value is -4.48. The lowest BCUT2D eigenvalue weighted by Crippen LogP contribution is -2.28. The highest BCUT2D eigenvalue weighted by atomic mass is 16.6. The maximum atomic E-state index is 12.1. The van der Waals surface area contributed by atoms with Crippen molar-refractivity contribution in [3.63, 3.8) is 0 Å². The smallest absolute Gasteiger partial charge is 0.273 e. The summed E-state index contributed by atoms with van der Waals surface area (Å²) in [6.07, 6.45) is 0.431. The second-order valence-corrected chi connectivity index (χ2v) is 7.55. The van der Waals surface area contributed by atoms with Crippen LogP contribution >= 0.6 is 0 Å². The van der Waals surface area contributed by atoms with Gasteiger partial charge >= 0.3 is 0 Å². The van der Waals surface area contributed by atoms with Gasteiger partial charge in [0, 0.05) is 34.4 Å². The first-order chi connectivity index (χ1) is 16.6. The average molecular weight is 482 g/mol. The van der Waals surface area contributed by atoms with Gasteiger partial charge in [-0.05, 0) is 26.7 Å². The number of nitrogens with zero attached hydrogens (tertiary/aromatic N) is 4. The number of nitro benzene ring substituents is 2. The number of aryl methyl sites for hydroxylation is 2. The van der Waals surface area contributed by atoms with Crippen molar-refractivity contribution in [2.45, 2.75) is 47.0 Å². The highest BCUT2D eigenvalue weighted by Crippen LogP contribution is 2.22. The first-order valence-corrected chi connectivity index (χ1v) is 10.8. The highest BCUT2D eigenvalue weighted by Gasteiger charge is 2.16. The van der Waals surface area contributed by atoms with Crippen LogP contribution in [0.4, 0.5) is 11.4 Å². The van der Waals surface area contributed by atoms with Crippen molar-refractivity contribution in [2.75, 3.05) is 0 Å². The lowest BCUT2D eigenvalue weighted by molar-refractivity contribution is -0.385. The van der Waals surface area contributed by atoms with Gasteiger partial charge in [0.25, 0.3) is 11.4 Å². The Labute approximate surface area is 201 Å². The van der Waals surface area contributed by atoms with Crippen molar-refractivity contribution in [1.82, 2.24) is 10.9 Å². The van der Waals surface area contributed by atoms with Crippen LogP contribution in [0, 0.1) is 20.2 Å². The normalized spacial score (nSPS) is 11.7. The number of amides is 2. The lowest BCUT2D eigenvalue weighted by Gasteiger charge is -2.06. The minimum Gasteiger partial charge on any atom is -0.273 e. The maximum absolute atomic E-state index is 12.1.